The number of rotatable bonds is 8. The molecule has 1 fully saturated rings. The fourth-order valence-electron chi connectivity index (χ4n) is 3.73. The third kappa shape index (κ3) is 5.39. The summed E-state index contributed by atoms with van der Waals surface area (Å²) in [5.41, 5.74) is 0.718. The minimum atomic E-state index is -0.205. The second-order valence-corrected chi connectivity index (χ2v) is 7.63. The molecule has 2 heterocycles. The van der Waals surface area contributed by atoms with E-state index in [4.69, 9.17) is 18.9 Å². The largest absolute Gasteiger partial charge is 0.497 e. The third-order valence-corrected chi connectivity index (χ3v) is 5.71. The average Bonchev–Trinajstić information content (AvgIpc) is 3.27. The molecule has 1 amide bonds. The van der Waals surface area contributed by atoms with Crippen molar-refractivity contribution in [1.29, 1.82) is 0 Å². The van der Waals surface area contributed by atoms with Crippen molar-refractivity contribution in [1.82, 2.24) is 9.80 Å². The van der Waals surface area contributed by atoms with Crippen LogP contribution in [0.5, 0.6) is 23.0 Å². The second kappa shape index (κ2) is 9.89. The van der Waals surface area contributed by atoms with Crippen molar-refractivity contribution in [3.8, 4) is 23.0 Å². The number of methoxy groups -OCH3 is 1. The number of carbonyl (C=O) groups excluding carboxylic acids is 1. The van der Waals surface area contributed by atoms with Crippen LogP contribution in [0.15, 0.2) is 42.5 Å². The number of ether oxygens (including phenoxy) is 4. The third-order valence-electron chi connectivity index (χ3n) is 5.71. The van der Waals surface area contributed by atoms with E-state index in [2.05, 4.69) is 15.1 Å². The number of anilines is 1. The number of hydrogen-bond acceptors (Lipinski definition) is 7. The van der Waals surface area contributed by atoms with Crippen LogP contribution in [-0.2, 0) is 4.79 Å². The molecular weight excluding hydrogens is 398 g/mol. The number of carbonyl (C=O) groups is 1. The molecule has 2 aromatic carbocycles. The van der Waals surface area contributed by atoms with Crippen LogP contribution in [0.3, 0.4) is 0 Å². The summed E-state index contributed by atoms with van der Waals surface area (Å²) < 4.78 is 21.7. The van der Waals surface area contributed by atoms with Crippen molar-refractivity contribution < 1.29 is 23.7 Å². The minimum absolute atomic E-state index is 0.0184. The first-order chi connectivity index (χ1) is 15.1. The molecule has 0 spiro atoms. The molecule has 0 bridgehead atoms. The first-order valence-electron chi connectivity index (χ1n) is 10.6. The predicted octanol–water partition coefficient (Wildman–Crippen LogP) is 2.45. The summed E-state index contributed by atoms with van der Waals surface area (Å²) in [6, 6.07) is 12.9. The minimum Gasteiger partial charge on any atom is -0.497 e. The Labute approximate surface area is 182 Å². The summed E-state index contributed by atoms with van der Waals surface area (Å²) in [5.74, 6) is 3.01. The lowest BCUT2D eigenvalue weighted by Gasteiger charge is -2.37. The van der Waals surface area contributed by atoms with Gasteiger partial charge in [0.05, 0.1) is 13.2 Å². The van der Waals surface area contributed by atoms with Crippen LogP contribution in [0, 0.1) is 0 Å². The summed E-state index contributed by atoms with van der Waals surface area (Å²) in [7, 11) is 1.65. The first kappa shape index (κ1) is 21.3. The van der Waals surface area contributed by atoms with Crippen LogP contribution in [0.4, 0.5) is 5.69 Å². The molecule has 1 saturated heterocycles. The van der Waals surface area contributed by atoms with E-state index in [0.717, 1.165) is 49.9 Å². The molecule has 8 heteroatoms. The second-order valence-electron chi connectivity index (χ2n) is 7.63. The molecule has 0 unspecified atom stereocenters. The van der Waals surface area contributed by atoms with Crippen molar-refractivity contribution in [3.05, 3.63) is 42.5 Å². The number of amides is 1. The van der Waals surface area contributed by atoms with E-state index in [-0.39, 0.29) is 18.7 Å². The smallest absolute Gasteiger partial charge is 0.241 e. The Hall–Kier alpha value is -2.97. The van der Waals surface area contributed by atoms with Gasteiger partial charge in [0.2, 0.25) is 12.7 Å². The van der Waals surface area contributed by atoms with Gasteiger partial charge < -0.3 is 24.3 Å². The fraction of sp³-hybridized carbons (Fsp3) is 0.435. The van der Waals surface area contributed by atoms with E-state index in [1.165, 1.54) is 0 Å². The normalized spacial score (nSPS) is 17.2. The Balaban J connectivity index is 1.18. The zero-order chi connectivity index (χ0) is 21.6. The molecule has 1 atom stereocenters. The Morgan fingerprint density at radius 3 is 2.48 bits per heavy atom. The maximum absolute atomic E-state index is 12.7. The zero-order valence-electron chi connectivity index (χ0n) is 18.0. The van der Waals surface area contributed by atoms with Gasteiger partial charge in [-0.25, -0.2) is 0 Å². The summed E-state index contributed by atoms with van der Waals surface area (Å²) in [5, 5.41) is 2.98. The molecule has 31 heavy (non-hydrogen) atoms. The van der Waals surface area contributed by atoms with Crippen LogP contribution < -0.4 is 24.3 Å². The van der Waals surface area contributed by atoms with Gasteiger partial charge in [-0.2, -0.15) is 0 Å². The highest BCUT2D eigenvalue weighted by Crippen LogP contribution is 2.34. The average molecular weight is 428 g/mol. The van der Waals surface area contributed by atoms with Crippen LogP contribution in [0.1, 0.15) is 6.92 Å². The summed E-state index contributed by atoms with van der Waals surface area (Å²) >= 11 is 0. The van der Waals surface area contributed by atoms with Crippen LogP contribution >= 0.6 is 0 Å². The molecule has 0 aromatic heterocycles. The number of piperazine rings is 1. The predicted molar refractivity (Wildman–Crippen MR) is 117 cm³/mol. The molecule has 8 nitrogen and oxygen atoms in total. The molecule has 0 aliphatic carbocycles. The van der Waals surface area contributed by atoms with Gasteiger partial charge in [-0.15, -0.1) is 0 Å². The maximum atomic E-state index is 12.7. The molecule has 2 aliphatic heterocycles. The van der Waals surface area contributed by atoms with Gasteiger partial charge in [0.15, 0.2) is 11.5 Å². The van der Waals surface area contributed by atoms with Crippen molar-refractivity contribution in [2.45, 2.75) is 13.0 Å². The van der Waals surface area contributed by atoms with E-state index in [1.807, 2.05) is 43.3 Å². The van der Waals surface area contributed by atoms with Crippen molar-refractivity contribution in [2.75, 3.05) is 58.6 Å². The highest BCUT2D eigenvalue weighted by atomic mass is 16.7. The lowest BCUT2D eigenvalue weighted by Crippen LogP contribution is -2.53. The molecule has 2 aromatic rings. The lowest BCUT2D eigenvalue weighted by molar-refractivity contribution is -0.121. The number of hydrogen-bond donors (Lipinski definition) is 1. The highest BCUT2D eigenvalue weighted by Gasteiger charge is 2.26. The van der Waals surface area contributed by atoms with E-state index >= 15 is 0 Å². The SMILES string of the molecule is COc1ccc(OCCN2CCN([C@H](C)C(=O)Nc3ccc4c(c3)OCO4)CC2)cc1. The Morgan fingerprint density at radius 2 is 1.74 bits per heavy atom. The van der Waals surface area contributed by atoms with Crippen LogP contribution in [-0.4, -0.2) is 75.0 Å². The summed E-state index contributed by atoms with van der Waals surface area (Å²) in [6.45, 7) is 7.17. The van der Waals surface area contributed by atoms with Crippen molar-refractivity contribution in [2.24, 2.45) is 0 Å². The van der Waals surface area contributed by atoms with E-state index < -0.39 is 0 Å². The maximum Gasteiger partial charge on any atom is 0.241 e. The molecule has 0 radical (unpaired) electrons. The number of nitrogens with zero attached hydrogens (tertiary/aromatic N) is 2. The van der Waals surface area contributed by atoms with E-state index in [1.54, 1.807) is 13.2 Å². The lowest BCUT2D eigenvalue weighted by atomic mass is 10.2. The Kier molecular flexibility index (Phi) is 6.79. The topological polar surface area (TPSA) is 72.5 Å². The molecule has 166 valence electrons. The highest BCUT2D eigenvalue weighted by molar-refractivity contribution is 5.94. The van der Waals surface area contributed by atoms with Crippen LogP contribution in [0.2, 0.25) is 0 Å². The van der Waals surface area contributed by atoms with Crippen molar-refractivity contribution in [3.63, 3.8) is 0 Å². The van der Waals surface area contributed by atoms with Gasteiger partial charge >= 0.3 is 0 Å². The quantitative estimate of drug-likeness (QED) is 0.694. The van der Waals surface area contributed by atoms with Gasteiger partial charge in [-0.1, -0.05) is 0 Å². The first-order valence-corrected chi connectivity index (χ1v) is 10.6. The van der Waals surface area contributed by atoms with Gasteiger partial charge in [0, 0.05) is 44.5 Å². The van der Waals surface area contributed by atoms with E-state index in [9.17, 15) is 4.79 Å². The Bertz CT molecular complexity index is 881. The summed E-state index contributed by atoms with van der Waals surface area (Å²) in [6.07, 6.45) is 0. The zero-order valence-corrected chi connectivity index (χ0v) is 18.0. The number of fused-ring (bicyclic) bond motifs is 1. The van der Waals surface area contributed by atoms with Crippen molar-refractivity contribution >= 4 is 11.6 Å². The molecule has 0 saturated carbocycles. The molecule has 1 N–H and O–H groups in total. The molecule has 2 aliphatic rings. The van der Waals surface area contributed by atoms with Crippen LogP contribution in [0.25, 0.3) is 0 Å². The molecule has 4 rings (SSSR count). The summed E-state index contributed by atoms with van der Waals surface area (Å²) in [4.78, 5) is 17.3. The van der Waals surface area contributed by atoms with E-state index in [0.29, 0.717) is 18.1 Å². The van der Waals surface area contributed by atoms with Gasteiger partial charge in [0.1, 0.15) is 18.1 Å². The molecular formula is C23H29N3O5. The monoisotopic (exact) mass is 427 g/mol. The Morgan fingerprint density at radius 1 is 1.03 bits per heavy atom. The van der Waals surface area contributed by atoms with Gasteiger partial charge in [-0.05, 0) is 43.3 Å². The standard InChI is InChI=1S/C23H29N3O5/c1-17(23(27)24-18-3-8-21-22(15-18)31-16-30-21)26-11-9-25(10-12-26)13-14-29-20-6-4-19(28-2)5-7-20/h3-8,15,17H,9-14,16H2,1-2H3,(H,24,27)/t17-/m1/s1. The van der Waals surface area contributed by atoms with Gasteiger partial charge in [-0.3, -0.25) is 14.6 Å². The van der Waals surface area contributed by atoms with Gasteiger partial charge in [0.25, 0.3) is 0 Å². The number of benzene rings is 2. The number of nitrogens with one attached hydrogen (secondary N) is 1. The fourth-order valence-corrected chi connectivity index (χ4v) is 3.73.